The predicted octanol–water partition coefficient (Wildman–Crippen LogP) is 4.45. The third-order valence-electron chi connectivity index (χ3n) is 3.00. The van der Waals surface area contributed by atoms with Gasteiger partial charge < -0.3 is 4.74 Å². The van der Waals surface area contributed by atoms with Crippen molar-refractivity contribution in [3.63, 3.8) is 0 Å². The predicted molar refractivity (Wildman–Crippen MR) is 90.9 cm³/mol. The molecule has 0 aliphatic carbocycles. The number of nitrogens with zero attached hydrogens (tertiary/aromatic N) is 1. The molecule has 0 bridgehead atoms. The molecule has 0 spiro atoms. The van der Waals surface area contributed by atoms with E-state index < -0.39 is 4.92 Å². The van der Waals surface area contributed by atoms with E-state index in [9.17, 15) is 14.9 Å². The zero-order valence-corrected chi connectivity index (χ0v) is 13.8. The van der Waals surface area contributed by atoms with Crippen LogP contribution in [0.25, 0.3) is 6.08 Å². The van der Waals surface area contributed by atoms with Crippen molar-refractivity contribution < 1.29 is 14.5 Å². The fourth-order valence-electron chi connectivity index (χ4n) is 2.04. The maximum atomic E-state index is 11.6. The summed E-state index contributed by atoms with van der Waals surface area (Å²) in [6.07, 6.45) is 5.62. The number of carbonyl (C=O) groups is 1. The number of benzene rings is 1. The molecule has 0 fully saturated rings. The molecule has 0 aliphatic heterocycles. The standard InChI is InChI=1S/C18H21NO4/c1-5-23-18(20)15(4)11-13(2)10-14(3)12-16-6-8-17(9-7-16)19(21)22/h6-12H,5H2,1-4H3/b13-10+,14-12+,15-11+. The fourth-order valence-corrected chi connectivity index (χ4v) is 2.04. The Labute approximate surface area is 136 Å². The molecular weight excluding hydrogens is 294 g/mol. The van der Waals surface area contributed by atoms with Gasteiger partial charge in [0.1, 0.15) is 0 Å². The van der Waals surface area contributed by atoms with Crippen LogP contribution in [-0.2, 0) is 9.53 Å². The first-order valence-electron chi connectivity index (χ1n) is 7.30. The van der Waals surface area contributed by atoms with Crippen LogP contribution in [0.5, 0.6) is 0 Å². The van der Waals surface area contributed by atoms with Crippen LogP contribution in [0.15, 0.2) is 53.1 Å². The molecule has 0 heterocycles. The second kappa shape index (κ2) is 8.68. The summed E-state index contributed by atoms with van der Waals surface area (Å²) < 4.78 is 4.93. The molecule has 0 amide bonds. The zero-order chi connectivity index (χ0) is 17.4. The average molecular weight is 315 g/mol. The lowest BCUT2D eigenvalue weighted by Gasteiger charge is -2.02. The summed E-state index contributed by atoms with van der Waals surface area (Å²) in [7, 11) is 0. The minimum Gasteiger partial charge on any atom is -0.463 e. The Balaban J connectivity index is 2.87. The number of carbonyl (C=O) groups excluding carboxylic acids is 1. The number of hydrogen-bond acceptors (Lipinski definition) is 4. The third-order valence-corrected chi connectivity index (χ3v) is 3.00. The van der Waals surface area contributed by atoms with Crippen LogP contribution in [-0.4, -0.2) is 17.5 Å². The molecule has 0 saturated carbocycles. The second-order valence-electron chi connectivity index (χ2n) is 5.17. The number of nitro benzene ring substituents is 1. The van der Waals surface area contributed by atoms with Crippen molar-refractivity contribution in [1.82, 2.24) is 0 Å². The van der Waals surface area contributed by atoms with Crippen LogP contribution >= 0.6 is 0 Å². The smallest absolute Gasteiger partial charge is 0.333 e. The van der Waals surface area contributed by atoms with Crippen LogP contribution < -0.4 is 0 Å². The van der Waals surface area contributed by atoms with Crippen molar-refractivity contribution in [3.05, 3.63) is 68.8 Å². The highest BCUT2D eigenvalue weighted by molar-refractivity contribution is 5.88. The zero-order valence-electron chi connectivity index (χ0n) is 13.8. The Bertz CT molecular complexity index is 667. The summed E-state index contributed by atoms with van der Waals surface area (Å²) in [5.74, 6) is -0.322. The van der Waals surface area contributed by atoms with Crippen molar-refractivity contribution in [2.45, 2.75) is 27.7 Å². The molecule has 0 unspecified atom stereocenters. The highest BCUT2D eigenvalue weighted by Gasteiger charge is 2.04. The average Bonchev–Trinajstić information content (AvgIpc) is 2.47. The van der Waals surface area contributed by atoms with Crippen LogP contribution in [0.4, 0.5) is 5.69 Å². The highest BCUT2D eigenvalue weighted by Crippen LogP contribution is 2.15. The van der Waals surface area contributed by atoms with Crippen molar-refractivity contribution in [1.29, 1.82) is 0 Å². The van der Waals surface area contributed by atoms with E-state index in [0.29, 0.717) is 12.2 Å². The normalized spacial score (nSPS) is 13.0. The van der Waals surface area contributed by atoms with Crippen molar-refractivity contribution in [3.8, 4) is 0 Å². The Morgan fingerprint density at radius 1 is 1.13 bits per heavy atom. The quantitative estimate of drug-likeness (QED) is 0.255. The number of hydrogen-bond donors (Lipinski definition) is 0. The van der Waals surface area contributed by atoms with Gasteiger partial charge in [0.05, 0.1) is 11.5 Å². The summed E-state index contributed by atoms with van der Waals surface area (Å²) >= 11 is 0. The first kappa shape index (κ1) is 18.4. The first-order valence-corrected chi connectivity index (χ1v) is 7.30. The van der Waals surface area contributed by atoms with Gasteiger partial charge in [0.25, 0.3) is 5.69 Å². The lowest BCUT2D eigenvalue weighted by atomic mass is 10.1. The molecule has 0 atom stereocenters. The first-order chi connectivity index (χ1) is 10.8. The van der Waals surface area contributed by atoms with Gasteiger partial charge in [-0.1, -0.05) is 23.3 Å². The Kier molecular flexibility index (Phi) is 6.93. The molecular formula is C18H21NO4. The molecule has 0 saturated heterocycles. The molecule has 0 radical (unpaired) electrons. The summed E-state index contributed by atoms with van der Waals surface area (Å²) in [5.41, 5.74) is 3.39. The second-order valence-corrected chi connectivity index (χ2v) is 5.17. The van der Waals surface area contributed by atoms with Gasteiger partial charge in [0.15, 0.2) is 0 Å². The van der Waals surface area contributed by atoms with E-state index >= 15 is 0 Å². The Morgan fingerprint density at radius 3 is 2.26 bits per heavy atom. The van der Waals surface area contributed by atoms with E-state index in [2.05, 4.69) is 0 Å². The molecule has 1 rings (SSSR count). The maximum Gasteiger partial charge on any atom is 0.333 e. The van der Waals surface area contributed by atoms with Crippen molar-refractivity contribution >= 4 is 17.7 Å². The Hall–Kier alpha value is -2.69. The van der Waals surface area contributed by atoms with Gasteiger partial charge in [0.2, 0.25) is 0 Å². The van der Waals surface area contributed by atoms with E-state index in [0.717, 1.165) is 16.7 Å². The summed E-state index contributed by atoms with van der Waals surface area (Å²) in [5, 5.41) is 10.6. The molecule has 0 N–H and O–H groups in total. The lowest BCUT2D eigenvalue weighted by molar-refractivity contribution is -0.384. The van der Waals surface area contributed by atoms with Gasteiger partial charge in [-0.25, -0.2) is 4.79 Å². The van der Waals surface area contributed by atoms with Crippen LogP contribution in [0.3, 0.4) is 0 Å². The molecule has 1 aromatic rings. The molecule has 5 heteroatoms. The van der Waals surface area contributed by atoms with E-state index in [1.54, 1.807) is 32.1 Å². The number of rotatable bonds is 6. The van der Waals surface area contributed by atoms with E-state index in [1.165, 1.54) is 12.1 Å². The number of ether oxygens (including phenoxy) is 1. The lowest BCUT2D eigenvalue weighted by Crippen LogP contribution is -2.05. The molecule has 122 valence electrons. The monoisotopic (exact) mass is 315 g/mol. The topological polar surface area (TPSA) is 69.4 Å². The number of esters is 1. The van der Waals surface area contributed by atoms with Gasteiger partial charge >= 0.3 is 5.97 Å². The Morgan fingerprint density at radius 2 is 1.74 bits per heavy atom. The van der Waals surface area contributed by atoms with Gasteiger partial charge in [-0.2, -0.15) is 0 Å². The number of nitro groups is 1. The van der Waals surface area contributed by atoms with E-state index in [4.69, 9.17) is 4.74 Å². The SMILES string of the molecule is CCOC(=O)/C(C)=C/C(C)=C/C(C)=C/c1ccc([N+](=O)[O-])cc1. The highest BCUT2D eigenvalue weighted by atomic mass is 16.6. The van der Waals surface area contributed by atoms with Crippen LogP contribution in [0.2, 0.25) is 0 Å². The van der Waals surface area contributed by atoms with Crippen molar-refractivity contribution in [2.24, 2.45) is 0 Å². The molecule has 23 heavy (non-hydrogen) atoms. The third kappa shape index (κ3) is 6.30. The summed E-state index contributed by atoms with van der Waals surface area (Å²) in [6.45, 7) is 7.66. The van der Waals surface area contributed by atoms with Crippen LogP contribution in [0.1, 0.15) is 33.3 Å². The van der Waals surface area contributed by atoms with Crippen molar-refractivity contribution in [2.75, 3.05) is 6.61 Å². The van der Waals surface area contributed by atoms with Gasteiger partial charge in [-0.05, 0) is 51.5 Å². The minimum absolute atomic E-state index is 0.0690. The van der Waals surface area contributed by atoms with Gasteiger partial charge in [-0.3, -0.25) is 10.1 Å². The van der Waals surface area contributed by atoms with E-state index in [-0.39, 0.29) is 11.7 Å². The molecule has 0 aromatic heterocycles. The van der Waals surface area contributed by atoms with Crippen LogP contribution in [0, 0.1) is 10.1 Å². The summed E-state index contributed by atoms with van der Waals surface area (Å²) in [4.78, 5) is 21.8. The maximum absolute atomic E-state index is 11.6. The number of allylic oxidation sites excluding steroid dienone is 4. The fraction of sp³-hybridized carbons (Fsp3) is 0.278. The van der Waals surface area contributed by atoms with Gasteiger partial charge in [0, 0.05) is 17.7 Å². The summed E-state index contributed by atoms with van der Waals surface area (Å²) in [6, 6.07) is 6.34. The van der Waals surface area contributed by atoms with Gasteiger partial charge in [-0.15, -0.1) is 0 Å². The number of non-ortho nitro benzene ring substituents is 1. The molecule has 5 nitrogen and oxygen atoms in total. The minimum atomic E-state index is -0.423. The molecule has 0 aliphatic rings. The largest absolute Gasteiger partial charge is 0.463 e. The van der Waals surface area contributed by atoms with E-state index in [1.807, 2.05) is 26.0 Å². The molecule has 1 aromatic carbocycles.